The van der Waals surface area contributed by atoms with Gasteiger partial charge in [0.1, 0.15) is 24.0 Å². The van der Waals surface area contributed by atoms with Gasteiger partial charge in [0.25, 0.3) is 0 Å². The molecule has 1 aliphatic rings. The van der Waals surface area contributed by atoms with Crippen molar-refractivity contribution >= 4 is 29.9 Å². The predicted octanol–water partition coefficient (Wildman–Crippen LogP) is 5.53. The van der Waals surface area contributed by atoms with Crippen LogP contribution in [0.3, 0.4) is 0 Å². The van der Waals surface area contributed by atoms with Crippen LogP contribution in [-0.4, -0.2) is 51.9 Å². The number of carbonyl (C=O) groups is 4. The average molecular weight is 707 g/mol. The number of aryl methyl sites for hydroxylation is 2. The molecule has 4 unspecified atom stereocenters. The van der Waals surface area contributed by atoms with Crippen LogP contribution in [0.25, 0.3) is 0 Å². The first-order chi connectivity index (χ1) is 24.3. The third kappa shape index (κ3) is 10.9. The number of rotatable bonds is 16. The smallest absolute Gasteiger partial charge is 0.351 e. The van der Waals surface area contributed by atoms with Crippen molar-refractivity contribution in [2.75, 3.05) is 5.32 Å². The van der Waals surface area contributed by atoms with Gasteiger partial charge in [0.15, 0.2) is 6.23 Å². The number of aldehydes is 1. The Kier molecular flexibility index (Phi) is 13.7. The Morgan fingerprint density at radius 3 is 2.51 bits per heavy atom. The minimum atomic E-state index is -0.986. The van der Waals surface area contributed by atoms with Gasteiger partial charge in [-0.2, -0.15) is 9.93 Å². The number of nitrogens with zero attached hydrogens (tertiary/aromatic N) is 2. The molecule has 13 heteroatoms. The number of anilines is 1. The van der Waals surface area contributed by atoms with Gasteiger partial charge in [-0.25, -0.2) is 4.79 Å². The van der Waals surface area contributed by atoms with Crippen molar-refractivity contribution in [3.05, 3.63) is 87.5 Å². The van der Waals surface area contributed by atoms with Gasteiger partial charge in [0.2, 0.25) is 11.8 Å². The highest BCUT2D eigenvalue weighted by molar-refractivity contribution is 5.90. The van der Waals surface area contributed by atoms with E-state index >= 15 is 0 Å². The van der Waals surface area contributed by atoms with Gasteiger partial charge in [0.05, 0.1) is 12.1 Å². The van der Waals surface area contributed by atoms with Crippen LogP contribution in [0.2, 0.25) is 0 Å². The lowest BCUT2D eigenvalue weighted by Gasteiger charge is -2.34. The molecule has 0 bridgehead atoms. The zero-order valence-electron chi connectivity index (χ0n) is 29.8. The minimum Gasteiger partial charge on any atom is -0.426 e. The lowest BCUT2D eigenvalue weighted by molar-refractivity contribution is -0.262. The highest BCUT2D eigenvalue weighted by atomic mass is 19.3. The van der Waals surface area contributed by atoms with E-state index in [4.69, 9.17) is 9.47 Å². The van der Waals surface area contributed by atoms with Crippen LogP contribution in [0.15, 0.2) is 59.5 Å². The third-order valence-corrected chi connectivity index (χ3v) is 8.91. The Balaban J connectivity index is 1.36. The summed E-state index contributed by atoms with van der Waals surface area (Å²) in [6, 6.07) is 13.8. The molecule has 0 spiro atoms. The molecule has 4 rings (SSSR count). The first-order valence-corrected chi connectivity index (χ1v) is 17.3. The number of hydrogen-bond acceptors (Lipinski definition) is 9. The molecule has 0 radical (unpaired) electrons. The Morgan fingerprint density at radius 2 is 1.84 bits per heavy atom. The number of hydrogen-bond donors (Lipinski definition) is 2. The summed E-state index contributed by atoms with van der Waals surface area (Å²) in [4.78, 5) is 71.2. The van der Waals surface area contributed by atoms with Crippen LogP contribution in [0.1, 0.15) is 94.2 Å². The van der Waals surface area contributed by atoms with Crippen molar-refractivity contribution < 1.29 is 38.1 Å². The first kappa shape index (κ1) is 39.0. The monoisotopic (exact) mass is 706 g/mol. The Labute approximate surface area is 297 Å². The fraction of sp³-hybridized carbons (Fsp3) is 0.474. The lowest BCUT2D eigenvalue weighted by Crippen LogP contribution is -2.41. The summed E-state index contributed by atoms with van der Waals surface area (Å²) in [6.45, 7) is 9.37. The molecule has 274 valence electrons. The van der Waals surface area contributed by atoms with E-state index < -0.39 is 41.4 Å². The highest BCUT2D eigenvalue weighted by Crippen LogP contribution is 2.38. The molecule has 0 saturated carbocycles. The molecule has 1 saturated heterocycles. The van der Waals surface area contributed by atoms with Crippen molar-refractivity contribution in [1.29, 1.82) is 0 Å². The summed E-state index contributed by atoms with van der Waals surface area (Å²) < 4.78 is 26.1. The van der Waals surface area contributed by atoms with Crippen LogP contribution in [0.4, 0.5) is 10.3 Å². The number of ether oxygens (including phenoxy) is 2. The standard InChI is InChI=1S/C38H47FN4O8/c1-6-28-15-16-29(51-39)36(49-28)43-18-17-31(42-37(43)48)41-33(46)22-38(4,5)35-25(3)19-24(2)20-30(35)50-34(47)14-10-13-32(45)40-27(23-44)21-26-11-8-7-9-12-26/h7-9,11-12,17-20,23,27-29,36H,6,10,13-16,21-22H2,1-5H3,(H,40,45)(H,41,42,46,48). The summed E-state index contributed by atoms with van der Waals surface area (Å²) in [7, 11) is 0. The Morgan fingerprint density at radius 1 is 1.10 bits per heavy atom. The molecule has 3 aromatic rings. The topological polar surface area (TPSA) is 155 Å². The second kappa shape index (κ2) is 18.0. The molecule has 1 aliphatic heterocycles. The summed E-state index contributed by atoms with van der Waals surface area (Å²) in [5.74, 6) is -0.978. The van der Waals surface area contributed by atoms with Crippen molar-refractivity contribution in [2.45, 2.75) is 116 Å². The van der Waals surface area contributed by atoms with E-state index in [2.05, 4.69) is 20.6 Å². The van der Waals surface area contributed by atoms with E-state index in [0.717, 1.165) is 21.3 Å². The van der Waals surface area contributed by atoms with Crippen LogP contribution in [0.5, 0.6) is 5.75 Å². The zero-order valence-corrected chi connectivity index (χ0v) is 29.8. The maximum Gasteiger partial charge on any atom is 0.351 e. The van der Waals surface area contributed by atoms with Gasteiger partial charge in [0, 0.05) is 36.4 Å². The lowest BCUT2D eigenvalue weighted by atomic mass is 9.78. The summed E-state index contributed by atoms with van der Waals surface area (Å²) in [5.41, 5.74) is 1.69. The van der Waals surface area contributed by atoms with E-state index in [9.17, 15) is 28.5 Å². The second-order valence-electron chi connectivity index (χ2n) is 13.7. The number of carbonyl (C=O) groups excluding carboxylic acids is 4. The molecule has 51 heavy (non-hydrogen) atoms. The summed E-state index contributed by atoms with van der Waals surface area (Å²) in [5, 5.41) is 5.37. The fourth-order valence-electron chi connectivity index (χ4n) is 6.56. The van der Waals surface area contributed by atoms with E-state index in [1.807, 2.05) is 71.0 Å². The van der Waals surface area contributed by atoms with Gasteiger partial charge in [-0.1, -0.05) is 57.2 Å². The van der Waals surface area contributed by atoms with Crippen molar-refractivity contribution in [2.24, 2.45) is 0 Å². The van der Waals surface area contributed by atoms with Crippen molar-refractivity contribution in [1.82, 2.24) is 14.9 Å². The van der Waals surface area contributed by atoms with E-state index in [-0.39, 0.29) is 43.5 Å². The normalized spacial score (nSPS) is 18.0. The molecule has 2 aromatic carbocycles. The molecule has 2 amide bonds. The number of amides is 2. The second-order valence-corrected chi connectivity index (χ2v) is 13.7. The van der Waals surface area contributed by atoms with Gasteiger partial charge >= 0.3 is 11.7 Å². The molecule has 2 N–H and O–H groups in total. The first-order valence-electron chi connectivity index (χ1n) is 17.3. The van der Waals surface area contributed by atoms with Gasteiger partial charge in [-0.05, 0) is 79.3 Å². The molecule has 0 aliphatic carbocycles. The van der Waals surface area contributed by atoms with Crippen LogP contribution in [-0.2, 0) is 40.7 Å². The van der Waals surface area contributed by atoms with E-state index in [1.165, 1.54) is 12.3 Å². The quantitative estimate of drug-likeness (QED) is 0.111. The highest BCUT2D eigenvalue weighted by Gasteiger charge is 2.35. The number of nitrogens with one attached hydrogen (secondary N) is 2. The molecule has 2 heterocycles. The van der Waals surface area contributed by atoms with E-state index in [0.29, 0.717) is 43.3 Å². The predicted molar refractivity (Wildman–Crippen MR) is 188 cm³/mol. The number of halogens is 1. The van der Waals surface area contributed by atoms with Crippen LogP contribution >= 0.6 is 0 Å². The fourth-order valence-corrected chi connectivity index (χ4v) is 6.56. The number of esters is 1. The van der Waals surface area contributed by atoms with Crippen molar-refractivity contribution in [3.8, 4) is 5.75 Å². The summed E-state index contributed by atoms with van der Waals surface area (Å²) >= 11 is 0. The van der Waals surface area contributed by atoms with Crippen molar-refractivity contribution in [3.63, 3.8) is 0 Å². The van der Waals surface area contributed by atoms with Crippen LogP contribution < -0.4 is 21.1 Å². The van der Waals surface area contributed by atoms with E-state index in [1.54, 1.807) is 6.07 Å². The van der Waals surface area contributed by atoms with Gasteiger partial charge in [-0.3, -0.25) is 19.0 Å². The summed E-state index contributed by atoms with van der Waals surface area (Å²) in [6.07, 6.45) is 2.22. The maximum absolute atomic E-state index is 13.3. The minimum absolute atomic E-state index is 0.0217. The largest absolute Gasteiger partial charge is 0.426 e. The molecule has 12 nitrogen and oxygen atoms in total. The average Bonchev–Trinajstić information content (AvgIpc) is 3.07. The van der Waals surface area contributed by atoms with Gasteiger partial charge in [-0.15, -0.1) is 0 Å². The number of aromatic nitrogens is 2. The molecule has 1 fully saturated rings. The zero-order chi connectivity index (χ0) is 37.1. The molecular weight excluding hydrogens is 659 g/mol. The Bertz CT molecular complexity index is 1750. The number of benzene rings is 2. The van der Waals surface area contributed by atoms with Gasteiger partial charge < -0.3 is 24.9 Å². The maximum atomic E-state index is 13.3. The SMILES string of the molecule is CCC1CCC(OF)C(n2ccc(NC(=O)CC(C)(C)c3c(C)cc(C)cc3OC(=O)CCCC(=O)NC(C=O)Cc3ccccc3)nc2=O)O1. The Hall–Kier alpha value is -4.75. The van der Waals surface area contributed by atoms with Crippen LogP contribution in [0, 0.1) is 13.8 Å². The third-order valence-electron chi connectivity index (χ3n) is 8.91. The molecule has 1 aromatic heterocycles. The molecule has 4 atom stereocenters. The molecular formula is C38H47FN4O8.